The van der Waals surface area contributed by atoms with E-state index in [1.807, 2.05) is 0 Å². The Kier molecular flexibility index (Phi) is 5.61. The van der Waals surface area contributed by atoms with Gasteiger partial charge in [-0.1, -0.05) is 24.3 Å². The molecule has 0 saturated heterocycles. The van der Waals surface area contributed by atoms with Crippen molar-refractivity contribution >= 4 is 5.91 Å². The van der Waals surface area contributed by atoms with Crippen LogP contribution >= 0.6 is 0 Å². The minimum absolute atomic E-state index is 0.294. The molecule has 0 aliphatic heterocycles. The molecule has 2 rings (SSSR count). The smallest absolute Gasteiger partial charge is 0.222 e. The van der Waals surface area contributed by atoms with Gasteiger partial charge in [0.1, 0.15) is 11.6 Å². The van der Waals surface area contributed by atoms with Gasteiger partial charge in [0.05, 0.1) is 5.92 Å². The third-order valence-electron chi connectivity index (χ3n) is 3.41. The zero-order chi connectivity index (χ0) is 15.9. The molecule has 0 unspecified atom stereocenters. The lowest BCUT2D eigenvalue weighted by molar-refractivity contribution is -0.121. The predicted octanol–water partition coefficient (Wildman–Crippen LogP) is 2.40. The van der Waals surface area contributed by atoms with Crippen molar-refractivity contribution in [1.29, 1.82) is 0 Å². The number of nitrogens with one attached hydrogen (secondary N) is 1. The van der Waals surface area contributed by atoms with Gasteiger partial charge < -0.3 is 11.1 Å². The minimum Gasteiger partial charge on any atom is -0.369 e. The first-order valence-electron chi connectivity index (χ1n) is 7.03. The maximum Gasteiger partial charge on any atom is 0.222 e. The Bertz CT molecular complexity index is 629. The number of hydrogen-bond acceptors (Lipinski definition) is 2. The van der Waals surface area contributed by atoms with E-state index in [1.165, 1.54) is 24.3 Å². The van der Waals surface area contributed by atoms with E-state index in [2.05, 4.69) is 5.32 Å². The molecule has 0 aliphatic carbocycles. The van der Waals surface area contributed by atoms with E-state index in [9.17, 15) is 13.6 Å². The summed E-state index contributed by atoms with van der Waals surface area (Å²) in [5, 5.41) is 3.10. The van der Waals surface area contributed by atoms with Crippen molar-refractivity contribution in [2.24, 2.45) is 11.7 Å². The second kappa shape index (κ2) is 7.66. The van der Waals surface area contributed by atoms with E-state index in [4.69, 9.17) is 5.73 Å². The fraction of sp³-hybridized carbons (Fsp3) is 0.235. The van der Waals surface area contributed by atoms with Crippen LogP contribution in [-0.2, 0) is 17.8 Å². The first-order valence-corrected chi connectivity index (χ1v) is 7.03. The summed E-state index contributed by atoms with van der Waals surface area (Å²) < 4.78 is 25.9. The van der Waals surface area contributed by atoms with Gasteiger partial charge >= 0.3 is 0 Å². The number of carbonyl (C=O) groups excluding carboxylic acids is 1. The van der Waals surface area contributed by atoms with Gasteiger partial charge in [0, 0.05) is 13.1 Å². The third-order valence-corrected chi connectivity index (χ3v) is 3.41. The van der Waals surface area contributed by atoms with E-state index in [1.54, 1.807) is 24.3 Å². The molecule has 0 radical (unpaired) electrons. The zero-order valence-electron chi connectivity index (χ0n) is 12.1. The highest BCUT2D eigenvalue weighted by Gasteiger charge is 2.15. The third kappa shape index (κ3) is 4.93. The van der Waals surface area contributed by atoms with Crippen molar-refractivity contribution in [3.05, 3.63) is 71.3 Å². The van der Waals surface area contributed by atoms with Gasteiger partial charge in [0.2, 0.25) is 5.91 Å². The van der Waals surface area contributed by atoms with Gasteiger partial charge in [-0.15, -0.1) is 0 Å². The molecule has 0 bridgehead atoms. The van der Waals surface area contributed by atoms with Crippen LogP contribution in [0.4, 0.5) is 8.78 Å². The van der Waals surface area contributed by atoms with Crippen molar-refractivity contribution in [1.82, 2.24) is 5.32 Å². The maximum atomic E-state index is 13.1. The number of halogens is 2. The van der Waals surface area contributed by atoms with E-state index in [0.717, 1.165) is 11.1 Å². The fourth-order valence-corrected chi connectivity index (χ4v) is 2.22. The van der Waals surface area contributed by atoms with E-state index >= 15 is 0 Å². The van der Waals surface area contributed by atoms with Gasteiger partial charge in [0.15, 0.2) is 0 Å². The summed E-state index contributed by atoms with van der Waals surface area (Å²) in [7, 11) is 0. The molecule has 22 heavy (non-hydrogen) atoms. The average molecular weight is 304 g/mol. The lowest BCUT2D eigenvalue weighted by Gasteiger charge is -2.14. The second-order valence-electron chi connectivity index (χ2n) is 5.19. The average Bonchev–Trinajstić information content (AvgIpc) is 2.48. The molecular weight excluding hydrogens is 286 g/mol. The summed E-state index contributed by atoms with van der Waals surface area (Å²) >= 11 is 0. The van der Waals surface area contributed by atoms with Crippen LogP contribution in [-0.4, -0.2) is 12.5 Å². The summed E-state index contributed by atoms with van der Waals surface area (Å²) in [6, 6.07) is 12.2. The van der Waals surface area contributed by atoms with Gasteiger partial charge in [0.25, 0.3) is 0 Å². The molecule has 0 spiro atoms. The predicted molar refractivity (Wildman–Crippen MR) is 80.9 cm³/mol. The van der Waals surface area contributed by atoms with Crippen LogP contribution in [0, 0.1) is 17.6 Å². The molecule has 5 heteroatoms. The van der Waals surface area contributed by atoms with Gasteiger partial charge in [-0.3, -0.25) is 4.79 Å². The summed E-state index contributed by atoms with van der Waals surface area (Å²) in [6.45, 7) is 0.828. The molecule has 3 N–H and O–H groups in total. The molecule has 0 heterocycles. The molecule has 0 fully saturated rings. The fourth-order valence-electron chi connectivity index (χ4n) is 2.22. The van der Waals surface area contributed by atoms with E-state index < -0.39 is 11.8 Å². The SMILES string of the molecule is NC(=O)[C@H](CNCc1cccc(F)c1)Cc1ccc(F)cc1. The van der Waals surface area contributed by atoms with Gasteiger partial charge in [-0.05, 0) is 41.8 Å². The number of amides is 1. The molecule has 2 aromatic carbocycles. The number of carbonyl (C=O) groups is 1. The molecular formula is C17H18F2N2O. The normalized spacial score (nSPS) is 12.1. The Balaban J connectivity index is 1.89. The first kappa shape index (κ1) is 16.1. The number of hydrogen-bond donors (Lipinski definition) is 2. The highest BCUT2D eigenvalue weighted by molar-refractivity contribution is 5.77. The summed E-state index contributed by atoms with van der Waals surface area (Å²) in [6.07, 6.45) is 0.436. The van der Waals surface area contributed by atoms with Crippen LogP contribution in [0.25, 0.3) is 0 Å². The molecule has 0 aliphatic rings. The van der Waals surface area contributed by atoms with Crippen molar-refractivity contribution in [3.8, 4) is 0 Å². The topological polar surface area (TPSA) is 55.1 Å². The quantitative estimate of drug-likeness (QED) is 0.825. The van der Waals surface area contributed by atoms with Crippen molar-refractivity contribution in [2.75, 3.05) is 6.54 Å². The lowest BCUT2D eigenvalue weighted by Crippen LogP contribution is -2.34. The molecule has 0 saturated carbocycles. The molecule has 0 aromatic heterocycles. The lowest BCUT2D eigenvalue weighted by atomic mass is 9.98. The molecule has 116 valence electrons. The monoisotopic (exact) mass is 304 g/mol. The van der Waals surface area contributed by atoms with Gasteiger partial charge in [-0.25, -0.2) is 8.78 Å². The van der Waals surface area contributed by atoms with Gasteiger partial charge in [-0.2, -0.15) is 0 Å². The van der Waals surface area contributed by atoms with Crippen LogP contribution in [0.1, 0.15) is 11.1 Å². The van der Waals surface area contributed by atoms with E-state index in [-0.39, 0.29) is 11.6 Å². The Hall–Kier alpha value is -2.27. The molecule has 2 aromatic rings. The van der Waals surface area contributed by atoms with Crippen molar-refractivity contribution in [3.63, 3.8) is 0 Å². The Morgan fingerprint density at radius 2 is 1.77 bits per heavy atom. The second-order valence-corrected chi connectivity index (χ2v) is 5.19. The van der Waals surface area contributed by atoms with Crippen molar-refractivity contribution < 1.29 is 13.6 Å². The van der Waals surface area contributed by atoms with Crippen LogP contribution in [0.5, 0.6) is 0 Å². The number of benzene rings is 2. The number of primary amides is 1. The summed E-state index contributed by atoms with van der Waals surface area (Å²) in [5.74, 6) is -1.43. The largest absolute Gasteiger partial charge is 0.369 e. The van der Waals surface area contributed by atoms with E-state index in [0.29, 0.717) is 19.5 Å². The first-order chi connectivity index (χ1) is 10.5. The standard InChI is InChI=1S/C17H18F2N2O/c18-15-6-4-12(5-7-15)8-14(17(20)22)11-21-10-13-2-1-3-16(19)9-13/h1-7,9,14,21H,8,10-11H2,(H2,20,22)/t14-/m0/s1. The van der Waals surface area contributed by atoms with Crippen LogP contribution in [0.2, 0.25) is 0 Å². The summed E-state index contributed by atoms with van der Waals surface area (Å²) in [5.41, 5.74) is 7.05. The molecule has 1 atom stereocenters. The number of nitrogens with two attached hydrogens (primary N) is 1. The Morgan fingerprint density at radius 3 is 2.41 bits per heavy atom. The molecule has 3 nitrogen and oxygen atoms in total. The van der Waals surface area contributed by atoms with Crippen LogP contribution in [0.15, 0.2) is 48.5 Å². The maximum absolute atomic E-state index is 13.1. The highest BCUT2D eigenvalue weighted by Crippen LogP contribution is 2.10. The highest BCUT2D eigenvalue weighted by atomic mass is 19.1. The Morgan fingerprint density at radius 1 is 1.05 bits per heavy atom. The molecule has 1 amide bonds. The minimum atomic E-state index is -0.420. The number of rotatable bonds is 7. The Labute approximate surface area is 128 Å². The van der Waals surface area contributed by atoms with Crippen LogP contribution < -0.4 is 11.1 Å². The zero-order valence-corrected chi connectivity index (χ0v) is 12.1. The summed E-state index contributed by atoms with van der Waals surface area (Å²) in [4.78, 5) is 11.5. The van der Waals surface area contributed by atoms with Crippen molar-refractivity contribution in [2.45, 2.75) is 13.0 Å². The van der Waals surface area contributed by atoms with Crippen LogP contribution in [0.3, 0.4) is 0 Å².